The second kappa shape index (κ2) is 7.63. The van der Waals surface area contributed by atoms with Gasteiger partial charge < -0.3 is 10.6 Å². The quantitative estimate of drug-likeness (QED) is 0.598. The van der Waals surface area contributed by atoms with Gasteiger partial charge in [-0.3, -0.25) is 14.5 Å². The molecule has 0 aromatic heterocycles. The van der Waals surface area contributed by atoms with Crippen LogP contribution in [0.1, 0.15) is 26.7 Å². The second-order valence-corrected chi connectivity index (χ2v) is 4.97. The number of thiol groups is 1. The molecule has 104 valence electrons. The molecule has 1 aliphatic heterocycles. The number of amides is 2. The third-order valence-electron chi connectivity index (χ3n) is 3.29. The molecule has 0 spiro atoms. The first-order chi connectivity index (χ1) is 8.58. The lowest BCUT2D eigenvalue weighted by Gasteiger charge is -2.24. The molecule has 0 aromatic carbocycles. The van der Waals surface area contributed by atoms with Gasteiger partial charge in [-0.25, -0.2) is 0 Å². The zero-order chi connectivity index (χ0) is 13.5. The second-order valence-electron chi connectivity index (χ2n) is 4.61. The molecule has 1 rings (SSSR count). The molecular weight excluding hydrogens is 250 g/mol. The molecule has 2 amide bonds. The summed E-state index contributed by atoms with van der Waals surface area (Å²) in [7, 11) is 0. The molecule has 1 heterocycles. The van der Waals surface area contributed by atoms with Crippen LogP contribution in [-0.4, -0.2) is 54.2 Å². The fourth-order valence-electron chi connectivity index (χ4n) is 2.32. The minimum absolute atomic E-state index is 0.150. The molecule has 1 aliphatic rings. The molecule has 1 fully saturated rings. The number of nitrogens with zero attached hydrogens (tertiary/aromatic N) is 1. The van der Waals surface area contributed by atoms with Gasteiger partial charge in [-0.1, -0.05) is 6.92 Å². The van der Waals surface area contributed by atoms with E-state index < -0.39 is 6.04 Å². The molecule has 0 bridgehead atoms. The highest BCUT2D eigenvalue weighted by Crippen LogP contribution is 2.15. The van der Waals surface area contributed by atoms with E-state index in [0.29, 0.717) is 18.3 Å². The molecule has 1 saturated heterocycles. The van der Waals surface area contributed by atoms with E-state index in [1.54, 1.807) is 0 Å². The van der Waals surface area contributed by atoms with E-state index in [1.807, 2.05) is 0 Å². The Morgan fingerprint density at radius 2 is 2.22 bits per heavy atom. The van der Waals surface area contributed by atoms with Crippen molar-refractivity contribution in [3.05, 3.63) is 0 Å². The van der Waals surface area contributed by atoms with Gasteiger partial charge >= 0.3 is 0 Å². The Balaban J connectivity index is 2.37. The Morgan fingerprint density at radius 1 is 1.50 bits per heavy atom. The molecule has 2 unspecified atom stereocenters. The number of hydrogen-bond donors (Lipinski definition) is 3. The van der Waals surface area contributed by atoms with Crippen LogP contribution in [0.5, 0.6) is 0 Å². The van der Waals surface area contributed by atoms with Gasteiger partial charge in [0.2, 0.25) is 11.8 Å². The van der Waals surface area contributed by atoms with E-state index >= 15 is 0 Å². The fraction of sp³-hybridized carbons (Fsp3) is 0.833. The van der Waals surface area contributed by atoms with Gasteiger partial charge in [0, 0.05) is 25.3 Å². The van der Waals surface area contributed by atoms with Crippen LogP contribution in [0.3, 0.4) is 0 Å². The van der Waals surface area contributed by atoms with Crippen molar-refractivity contribution in [3.63, 3.8) is 0 Å². The Morgan fingerprint density at radius 3 is 2.78 bits per heavy atom. The molecule has 6 heteroatoms. The van der Waals surface area contributed by atoms with Crippen molar-refractivity contribution < 1.29 is 9.59 Å². The fourth-order valence-corrected chi connectivity index (χ4v) is 2.58. The largest absolute Gasteiger partial charge is 0.353 e. The number of carbonyl (C=O) groups excluding carboxylic acids is 2. The molecule has 5 nitrogen and oxygen atoms in total. The van der Waals surface area contributed by atoms with Crippen LogP contribution >= 0.6 is 12.6 Å². The summed E-state index contributed by atoms with van der Waals surface area (Å²) in [5.41, 5.74) is 0. The van der Waals surface area contributed by atoms with Crippen LogP contribution < -0.4 is 10.6 Å². The standard InChI is InChI=1S/C12H23N3O2S/c1-3-15-6-4-5-10(15)7-13-12(17)11(8-18)14-9(2)16/h10-11,18H,3-8H2,1-2H3,(H,13,17)(H,14,16). The van der Waals surface area contributed by atoms with Crippen molar-refractivity contribution in [2.24, 2.45) is 0 Å². The summed E-state index contributed by atoms with van der Waals surface area (Å²) in [5, 5.41) is 5.49. The van der Waals surface area contributed by atoms with Crippen molar-refractivity contribution in [3.8, 4) is 0 Å². The lowest BCUT2D eigenvalue weighted by atomic mass is 10.2. The summed E-state index contributed by atoms with van der Waals surface area (Å²) in [6.07, 6.45) is 2.32. The Kier molecular flexibility index (Phi) is 6.49. The van der Waals surface area contributed by atoms with Crippen molar-refractivity contribution in [2.75, 3.05) is 25.4 Å². The predicted molar refractivity (Wildman–Crippen MR) is 74.7 cm³/mol. The summed E-state index contributed by atoms with van der Waals surface area (Å²) in [4.78, 5) is 25.2. The van der Waals surface area contributed by atoms with Crippen LogP contribution in [0.2, 0.25) is 0 Å². The van der Waals surface area contributed by atoms with Gasteiger partial charge in [0.05, 0.1) is 0 Å². The van der Waals surface area contributed by atoms with E-state index in [2.05, 4.69) is 35.1 Å². The summed E-state index contributed by atoms with van der Waals surface area (Å²) in [6.45, 7) is 6.31. The minimum atomic E-state index is -0.540. The van der Waals surface area contributed by atoms with E-state index in [-0.39, 0.29) is 11.8 Å². The molecule has 2 N–H and O–H groups in total. The Bertz CT molecular complexity index is 299. The highest BCUT2D eigenvalue weighted by Gasteiger charge is 2.24. The average molecular weight is 273 g/mol. The highest BCUT2D eigenvalue weighted by atomic mass is 32.1. The third kappa shape index (κ3) is 4.49. The van der Waals surface area contributed by atoms with Gasteiger partial charge in [0.15, 0.2) is 0 Å². The van der Waals surface area contributed by atoms with E-state index in [0.717, 1.165) is 19.5 Å². The van der Waals surface area contributed by atoms with E-state index in [4.69, 9.17) is 0 Å². The number of likely N-dealkylation sites (tertiary alicyclic amines) is 1. The Labute approximate surface area is 114 Å². The van der Waals surface area contributed by atoms with Crippen LogP contribution in [0.4, 0.5) is 0 Å². The average Bonchev–Trinajstić information content (AvgIpc) is 2.80. The zero-order valence-electron chi connectivity index (χ0n) is 11.1. The van der Waals surface area contributed by atoms with Crippen LogP contribution in [0.25, 0.3) is 0 Å². The molecule has 0 saturated carbocycles. The normalized spacial score (nSPS) is 21.6. The maximum Gasteiger partial charge on any atom is 0.243 e. The first-order valence-corrected chi connectivity index (χ1v) is 7.11. The summed E-state index contributed by atoms with van der Waals surface area (Å²) >= 11 is 4.08. The predicted octanol–water partition coefficient (Wildman–Crippen LogP) is 0.0214. The van der Waals surface area contributed by atoms with Gasteiger partial charge in [-0.15, -0.1) is 0 Å². The summed E-state index contributed by atoms with van der Waals surface area (Å²) in [6, 6.07) is -0.112. The number of hydrogen-bond acceptors (Lipinski definition) is 4. The van der Waals surface area contributed by atoms with Crippen molar-refractivity contribution >= 4 is 24.4 Å². The summed E-state index contributed by atoms with van der Waals surface area (Å²) in [5.74, 6) is -0.0449. The first-order valence-electron chi connectivity index (χ1n) is 6.48. The van der Waals surface area contributed by atoms with Crippen LogP contribution in [0, 0.1) is 0 Å². The summed E-state index contributed by atoms with van der Waals surface area (Å²) < 4.78 is 0. The van der Waals surface area contributed by atoms with Crippen molar-refractivity contribution in [1.82, 2.24) is 15.5 Å². The zero-order valence-corrected chi connectivity index (χ0v) is 12.0. The van der Waals surface area contributed by atoms with Crippen LogP contribution in [0.15, 0.2) is 0 Å². The van der Waals surface area contributed by atoms with Gasteiger partial charge in [-0.05, 0) is 25.9 Å². The lowest BCUT2D eigenvalue weighted by molar-refractivity contribution is -0.127. The molecule has 0 aromatic rings. The van der Waals surface area contributed by atoms with Gasteiger partial charge in [-0.2, -0.15) is 12.6 Å². The highest BCUT2D eigenvalue weighted by molar-refractivity contribution is 7.80. The van der Waals surface area contributed by atoms with E-state index in [9.17, 15) is 9.59 Å². The number of carbonyl (C=O) groups is 2. The van der Waals surface area contributed by atoms with Gasteiger partial charge in [0.25, 0.3) is 0 Å². The first kappa shape index (κ1) is 15.3. The monoisotopic (exact) mass is 273 g/mol. The Hall–Kier alpha value is -0.750. The minimum Gasteiger partial charge on any atom is -0.353 e. The number of nitrogens with one attached hydrogen (secondary N) is 2. The van der Waals surface area contributed by atoms with Crippen LogP contribution in [-0.2, 0) is 9.59 Å². The maximum atomic E-state index is 11.9. The van der Waals surface area contributed by atoms with E-state index in [1.165, 1.54) is 13.3 Å². The van der Waals surface area contributed by atoms with Crippen molar-refractivity contribution in [2.45, 2.75) is 38.8 Å². The number of rotatable bonds is 6. The topological polar surface area (TPSA) is 61.4 Å². The van der Waals surface area contributed by atoms with Crippen molar-refractivity contribution in [1.29, 1.82) is 0 Å². The molecule has 0 aliphatic carbocycles. The molecular formula is C12H23N3O2S. The molecule has 18 heavy (non-hydrogen) atoms. The van der Waals surface area contributed by atoms with Gasteiger partial charge in [0.1, 0.15) is 6.04 Å². The number of likely N-dealkylation sites (N-methyl/N-ethyl adjacent to an activating group) is 1. The lowest BCUT2D eigenvalue weighted by Crippen LogP contribution is -2.50. The third-order valence-corrected chi connectivity index (χ3v) is 3.66. The smallest absolute Gasteiger partial charge is 0.243 e. The molecule has 2 atom stereocenters. The SMILES string of the molecule is CCN1CCCC1CNC(=O)C(CS)NC(C)=O. The maximum absolute atomic E-state index is 11.9. The molecule has 0 radical (unpaired) electrons.